The van der Waals surface area contributed by atoms with Crippen molar-refractivity contribution < 1.29 is 17.3 Å². The van der Waals surface area contributed by atoms with Crippen LogP contribution in [0.2, 0.25) is 0 Å². The van der Waals surface area contributed by atoms with E-state index in [1.165, 1.54) is 0 Å². The maximum absolute atomic E-state index is 11.7. The first kappa shape index (κ1) is 15.8. The summed E-state index contributed by atoms with van der Waals surface area (Å²) in [5, 5.41) is 0.0267. The van der Waals surface area contributed by atoms with Crippen LogP contribution in [0.1, 0.15) is 13.3 Å². The van der Waals surface area contributed by atoms with E-state index in [1.54, 1.807) is 18.9 Å². The molecule has 3 atom stereocenters. The van der Waals surface area contributed by atoms with Gasteiger partial charge in [-0.25, -0.2) is 0 Å². The first-order chi connectivity index (χ1) is 9.52. The highest BCUT2D eigenvalue weighted by molar-refractivity contribution is 8.00. The van der Waals surface area contributed by atoms with E-state index in [0.717, 1.165) is 4.90 Å². The van der Waals surface area contributed by atoms with Crippen LogP contribution in [-0.2, 0) is 19.2 Å². The summed E-state index contributed by atoms with van der Waals surface area (Å²) in [6.45, 7) is 2.13. The Labute approximate surface area is 124 Å². The van der Waals surface area contributed by atoms with Gasteiger partial charge in [0, 0.05) is 23.7 Å². The molecule has 0 saturated carbocycles. The number of nitrogens with one attached hydrogen (secondary N) is 1. The van der Waals surface area contributed by atoms with Crippen molar-refractivity contribution in [2.24, 2.45) is 0 Å². The monoisotopic (exact) mass is 317 g/mol. The number of thioether (sulfide) groups is 1. The van der Waals surface area contributed by atoms with Crippen LogP contribution >= 0.6 is 11.8 Å². The van der Waals surface area contributed by atoms with E-state index >= 15 is 0 Å². The zero-order valence-electron chi connectivity index (χ0n) is 11.5. The molecule has 5 nitrogen and oxygen atoms in total. The van der Waals surface area contributed by atoms with Crippen LogP contribution < -0.4 is 4.72 Å². The minimum absolute atomic E-state index is 0.0267. The summed E-state index contributed by atoms with van der Waals surface area (Å²) in [4.78, 5) is 1.10. The van der Waals surface area contributed by atoms with Crippen molar-refractivity contribution >= 4 is 22.1 Å². The Morgan fingerprint density at radius 1 is 1.40 bits per heavy atom. The van der Waals surface area contributed by atoms with E-state index in [1.807, 2.05) is 37.3 Å². The molecule has 0 radical (unpaired) electrons. The lowest BCUT2D eigenvalue weighted by Gasteiger charge is -2.28. The Morgan fingerprint density at radius 2 is 2.10 bits per heavy atom. The Kier molecular flexibility index (Phi) is 5.45. The molecule has 1 aromatic carbocycles. The van der Waals surface area contributed by atoms with Gasteiger partial charge in [-0.1, -0.05) is 25.1 Å². The van der Waals surface area contributed by atoms with Crippen LogP contribution in [0, 0.1) is 0 Å². The molecular formula is C13H19NO4S2. The molecule has 1 aliphatic heterocycles. The van der Waals surface area contributed by atoms with Crippen LogP contribution in [0.3, 0.4) is 0 Å². The summed E-state index contributed by atoms with van der Waals surface area (Å²) in [6.07, 6.45) is 0.353. The van der Waals surface area contributed by atoms with E-state index in [4.69, 9.17) is 8.92 Å². The Morgan fingerprint density at radius 3 is 2.75 bits per heavy atom. The number of methoxy groups -OCH3 is 1. The average Bonchev–Trinajstić information content (AvgIpc) is 2.58. The van der Waals surface area contributed by atoms with E-state index in [9.17, 15) is 8.42 Å². The van der Waals surface area contributed by atoms with Gasteiger partial charge in [0.15, 0.2) is 0 Å². The fraction of sp³-hybridized carbons (Fsp3) is 0.538. The lowest BCUT2D eigenvalue weighted by molar-refractivity contribution is 0.0660. The number of ether oxygens (including phenoxy) is 1. The Balaban J connectivity index is 2.13. The standard InChI is InChI=1S/C13H19NO4S2/c1-10(19-11-6-4-3-5-7-11)13-12(17-2)8-9-18-20(15,16)14-13/h3-7,10,12-14H,8-9H2,1-2H3/t10-,12+,13?/m0/s1. The molecule has 0 aliphatic carbocycles. The summed E-state index contributed by atoms with van der Waals surface area (Å²) in [5.74, 6) is 0. The van der Waals surface area contributed by atoms with Crippen LogP contribution in [0.4, 0.5) is 0 Å². The molecule has 1 aromatic rings. The lowest BCUT2D eigenvalue weighted by Crippen LogP contribution is -2.47. The number of hydrogen-bond donors (Lipinski definition) is 1. The second kappa shape index (κ2) is 6.91. The van der Waals surface area contributed by atoms with Gasteiger partial charge in [0.05, 0.1) is 18.8 Å². The third kappa shape index (κ3) is 4.20. The molecule has 112 valence electrons. The Hall–Kier alpha value is -0.600. The predicted octanol–water partition coefficient (Wildman–Crippen LogP) is 1.81. The average molecular weight is 317 g/mol. The zero-order chi connectivity index (χ0) is 14.6. The van der Waals surface area contributed by atoms with Crippen LogP contribution in [0.25, 0.3) is 0 Å². The third-order valence-corrected chi connectivity index (χ3v) is 5.44. The van der Waals surface area contributed by atoms with Gasteiger partial charge in [0.1, 0.15) is 0 Å². The van der Waals surface area contributed by atoms with Gasteiger partial charge in [0.25, 0.3) is 0 Å². The summed E-state index contributed by atoms with van der Waals surface area (Å²) in [5.41, 5.74) is 0. The van der Waals surface area contributed by atoms with Crippen LogP contribution in [0.5, 0.6) is 0 Å². The molecule has 0 amide bonds. The summed E-state index contributed by atoms with van der Waals surface area (Å²) < 4.78 is 36.2. The Bertz CT molecular complexity index is 520. The molecule has 0 bridgehead atoms. The molecule has 1 unspecified atom stereocenters. The molecule has 1 saturated heterocycles. The third-order valence-electron chi connectivity index (χ3n) is 3.20. The van der Waals surface area contributed by atoms with Crippen LogP contribution in [0.15, 0.2) is 35.2 Å². The first-order valence-corrected chi connectivity index (χ1v) is 8.72. The van der Waals surface area contributed by atoms with Crippen molar-refractivity contribution in [3.8, 4) is 0 Å². The van der Waals surface area contributed by atoms with E-state index in [2.05, 4.69) is 4.72 Å². The minimum atomic E-state index is -3.69. The zero-order valence-corrected chi connectivity index (χ0v) is 13.1. The van der Waals surface area contributed by atoms with E-state index in [-0.39, 0.29) is 24.0 Å². The van der Waals surface area contributed by atoms with Crippen LogP contribution in [-0.4, -0.2) is 39.5 Å². The van der Waals surface area contributed by atoms with Crippen molar-refractivity contribution in [3.05, 3.63) is 30.3 Å². The number of benzene rings is 1. The summed E-state index contributed by atoms with van der Waals surface area (Å²) in [7, 11) is -2.10. The highest BCUT2D eigenvalue weighted by Gasteiger charge is 2.34. The van der Waals surface area contributed by atoms with Gasteiger partial charge < -0.3 is 4.74 Å². The molecule has 1 heterocycles. The van der Waals surface area contributed by atoms with E-state index < -0.39 is 10.3 Å². The molecule has 0 spiro atoms. The number of hydrogen-bond acceptors (Lipinski definition) is 5. The quantitative estimate of drug-likeness (QED) is 0.858. The molecule has 1 aliphatic rings. The normalized spacial score (nSPS) is 27.7. The highest BCUT2D eigenvalue weighted by Crippen LogP contribution is 2.28. The predicted molar refractivity (Wildman–Crippen MR) is 79.0 cm³/mol. The van der Waals surface area contributed by atoms with Gasteiger partial charge in [-0.05, 0) is 12.1 Å². The first-order valence-electron chi connectivity index (χ1n) is 6.43. The molecule has 1 fully saturated rings. The highest BCUT2D eigenvalue weighted by atomic mass is 32.2. The van der Waals surface area contributed by atoms with Crippen molar-refractivity contribution in [1.29, 1.82) is 0 Å². The van der Waals surface area contributed by atoms with Gasteiger partial charge in [0.2, 0.25) is 0 Å². The molecule has 20 heavy (non-hydrogen) atoms. The maximum atomic E-state index is 11.7. The van der Waals surface area contributed by atoms with Crippen molar-refractivity contribution in [1.82, 2.24) is 4.72 Å². The van der Waals surface area contributed by atoms with Gasteiger partial charge >= 0.3 is 10.3 Å². The largest absolute Gasteiger partial charge is 0.380 e. The van der Waals surface area contributed by atoms with Crippen molar-refractivity contribution in [2.45, 2.75) is 35.6 Å². The van der Waals surface area contributed by atoms with Crippen molar-refractivity contribution in [3.63, 3.8) is 0 Å². The summed E-state index contributed by atoms with van der Waals surface area (Å²) in [6, 6.07) is 9.56. The van der Waals surface area contributed by atoms with Crippen molar-refractivity contribution in [2.75, 3.05) is 13.7 Å². The maximum Gasteiger partial charge on any atom is 0.336 e. The van der Waals surface area contributed by atoms with Gasteiger partial charge in [-0.15, -0.1) is 11.8 Å². The second-order valence-corrected chi connectivity index (χ2v) is 7.45. The molecule has 1 N–H and O–H groups in total. The molecule has 7 heteroatoms. The fourth-order valence-corrected chi connectivity index (χ4v) is 4.47. The van der Waals surface area contributed by atoms with Gasteiger partial charge in [-0.3, -0.25) is 4.18 Å². The SMILES string of the molecule is CO[C@@H]1CCOS(=O)(=O)NC1[C@H](C)Sc1ccccc1. The molecule has 2 rings (SSSR count). The van der Waals surface area contributed by atoms with Gasteiger partial charge in [-0.2, -0.15) is 13.1 Å². The smallest absolute Gasteiger partial charge is 0.336 e. The summed E-state index contributed by atoms with van der Waals surface area (Å²) >= 11 is 1.62. The minimum Gasteiger partial charge on any atom is -0.380 e. The number of rotatable bonds is 4. The van der Waals surface area contributed by atoms with E-state index in [0.29, 0.717) is 6.42 Å². The topological polar surface area (TPSA) is 64.6 Å². The molecule has 0 aromatic heterocycles. The second-order valence-electron chi connectivity index (χ2n) is 4.62. The fourth-order valence-electron chi connectivity index (χ4n) is 2.18. The lowest BCUT2D eigenvalue weighted by atomic mass is 10.1. The molecular weight excluding hydrogens is 298 g/mol.